The first-order chi connectivity index (χ1) is 6.33. The molecule has 0 saturated heterocycles. The maximum absolute atomic E-state index is 8.00. The van der Waals surface area contributed by atoms with Crippen LogP contribution in [0.2, 0.25) is 0 Å². The monoisotopic (exact) mass is 177 g/mol. The molecule has 5 nitrogen and oxygen atoms in total. The van der Waals surface area contributed by atoms with Gasteiger partial charge in [0.15, 0.2) is 0 Å². The standard InChI is InChI=1S/C8H11N5/c1-13-6-8(10-7-13)4-2-3-5-11-12-9/h2,4,6-7H,3,5H2,1H3. The van der Waals surface area contributed by atoms with Gasteiger partial charge in [-0.3, -0.25) is 0 Å². The topological polar surface area (TPSA) is 66.6 Å². The molecular formula is C8H11N5. The molecule has 0 bridgehead atoms. The smallest absolute Gasteiger partial charge is 0.0950 e. The summed E-state index contributed by atoms with van der Waals surface area (Å²) < 4.78 is 1.88. The summed E-state index contributed by atoms with van der Waals surface area (Å²) in [5.41, 5.74) is 8.92. The lowest BCUT2D eigenvalue weighted by molar-refractivity contribution is 0.913. The van der Waals surface area contributed by atoms with Crippen LogP contribution in [0.1, 0.15) is 12.1 Å². The van der Waals surface area contributed by atoms with E-state index in [9.17, 15) is 0 Å². The van der Waals surface area contributed by atoms with Crippen molar-refractivity contribution in [3.8, 4) is 0 Å². The molecule has 0 atom stereocenters. The number of imidazole rings is 1. The van der Waals surface area contributed by atoms with Gasteiger partial charge in [-0.25, -0.2) is 4.98 Å². The predicted octanol–water partition coefficient (Wildman–Crippen LogP) is 2.13. The Morgan fingerprint density at radius 1 is 1.77 bits per heavy atom. The highest BCUT2D eigenvalue weighted by Crippen LogP contribution is 1.98. The molecule has 0 aromatic carbocycles. The molecule has 0 unspecified atom stereocenters. The Morgan fingerprint density at radius 3 is 3.23 bits per heavy atom. The van der Waals surface area contributed by atoms with Crippen molar-refractivity contribution in [3.05, 3.63) is 34.7 Å². The van der Waals surface area contributed by atoms with Gasteiger partial charge in [-0.2, -0.15) is 0 Å². The Balaban J connectivity index is 2.36. The van der Waals surface area contributed by atoms with Crippen LogP contribution < -0.4 is 0 Å². The molecule has 0 aliphatic rings. The van der Waals surface area contributed by atoms with Gasteiger partial charge in [0.2, 0.25) is 0 Å². The first-order valence-electron chi connectivity index (χ1n) is 3.98. The molecule has 0 spiro atoms. The number of hydrogen-bond acceptors (Lipinski definition) is 2. The minimum absolute atomic E-state index is 0.500. The van der Waals surface area contributed by atoms with Crippen LogP contribution >= 0.6 is 0 Å². The molecule has 1 aromatic heterocycles. The van der Waals surface area contributed by atoms with Crippen molar-refractivity contribution in [2.45, 2.75) is 6.42 Å². The molecule has 1 rings (SSSR count). The van der Waals surface area contributed by atoms with Crippen molar-refractivity contribution in [1.82, 2.24) is 9.55 Å². The molecular weight excluding hydrogens is 166 g/mol. The lowest BCUT2D eigenvalue weighted by Crippen LogP contribution is -1.77. The van der Waals surface area contributed by atoms with E-state index >= 15 is 0 Å². The third kappa shape index (κ3) is 3.44. The normalized spacial score (nSPS) is 10.2. The Morgan fingerprint density at radius 2 is 2.62 bits per heavy atom. The molecule has 0 fully saturated rings. The van der Waals surface area contributed by atoms with Crippen molar-refractivity contribution < 1.29 is 0 Å². The third-order valence-electron chi connectivity index (χ3n) is 1.47. The minimum Gasteiger partial charge on any atom is -0.340 e. The molecule has 0 saturated carbocycles. The number of hydrogen-bond donors (Lipinski definition) is 0. The number of aromatic nitrogens is 2. The van der Waals surface area contributed by atoms with Crippen molar-refractivity contribution in [2.75, 3.05) is 6.54 Å². The van der Waals surface area contributed by atoms with Crippen LogP contribution in [0, 0.1) is 0 Å². The SMILES string of the molecule is Cn1cnc(C=CCCN=[N+]=[N-])c1. The van der Waals surface area contributed by atoms with Crippen LogP contribution in [0.25, 0.3) is 16.5 Å². The largest absolute Gasteiger partial charge is 0.340 e. The number of azide groups is 1. The van der Waals surface area contributed by atoms with E-state index < -0.39 is 0 Å². The Labute approximate surface area is 76.3 Å². The summed E-state index contributed by atoms with van der Waals surface area (Å²) in [6, 6.07) is 0. The van der Waals surface area contributed by atoms with Crippen LogP contribution in [0.4, 0.5) is 0 Å². The van der Waals surface area contributed by atoms with Crippen LogP contribution in [0.15, 0.2) is 23.7 Å². The van der Waals surface area contributed by atoms with Gasteiger partial charge >= 0.3 is 0 Å². The Kier molecular flexibility index (Phi) is 3.60. The maximum Gasteiger partial charge on any atom is 0.0950 e. The summed E-state index contributed by atoms with van der Waals surface area (Å²) in [5, 5.41) is 3.41. The van der Waals surface area contributed by atoms with Gasteiger partial charge in [0.25, 0.3) is 0 Å². The average molecular weight is 177 g/mol. The molecule has 0 aliphatic carbocycles. The lowest BCUT2D eigenvalue weighted by atomic mass is 10.3. The second kappa shape index (κ2) is 5.00. The van der Waals surface area contributed by atoms with Gasteiger partial charge in [0.05, 0.1) is 12.0 Å². The van der Waals surface area contributed by atoms with Gasteiger partial charge in [0, 0.05) is 24.7 Å². The molecule has 13 heavy (non-hydrogen) atoms. The first kappa shape index (κ1) is 9.35. The molecule has 0 radical (unpaired) electrons. The fraction of sp³-hybridized carbons (Fsp3) is 0.375. The molecule has 1 aromatic rings. The summed E-state index contributed by atoms with van der Waals surface area (Å²) in [7, 11) is 1.92. The van der Waals surface area contributed by atoms with Gasteiger partial charge in [-0.05, 0) is 18.0 Å². The van der Waals surface area contributed by atoms with E-state index in [-0.39, 0.29) is 0 Å². The highest BCUT2D eigenvalue weighted by atomic mass is 15.1. The summed E-state index contributed by atoms with van der Waals surface area (Å²) in [4.78, 5) is 6.76. The van der Waals surface area contributed by atoms with E-state index in [1.807, 2.05) is 30.0 Å². The van der Waals surface area contributed by atoms with E-state index in [1.165, 1.54) is 0 Å². The van der Waals surface area contributed by atoms with E-state index in [2.05, 4.69) is 15.0 Å². The summed E-state index contributed by atoms with van der Waals surface area (Å²) >= 11 is 0. The molecule has 68 valence electrons. The van der Waals surface area contributed by atoms with E-state index in [1.54, 1.807) is 6.33 Å². The van der Waals surface area contributed by atoms with Gasteiger partial charge < -0.3 is 4.57 Å². The van der Waals surface area contributed by atoms with Crippen molar-refractivity contribution in [1.29, 1.82) is 0 Å². The van der Waals surface area contributed by atoms with Crippen LogP contribution in [-0.4, -0.2) is 16.1 Å². The molecule has 5 heteroatoms. The fourth-order valence-electron chi connectivity index (χ4n) is 0.900. The summed E-state index contributed by atoms with van der Waals surface area (Å²) in [6.07, 6.45) is 8.27. The first-order valence-corrected chi connectivity index (χ1v) is 3.98. The lowest BCUT2D eigenvalue weighted by Gasteiger charge is -1.84. The van der Waals surface area contributed by atoms with Gasteiger partial charge in [0.1, 0.15) is 0 Å². The Hall–Kier alpha value is -1.74. The van der Waals surface area contributed by atoms with Crippen molar-refractivity contribution in [2.24, 2.45) is 12.2 Å². The molecule has 0 amide bonds. The predicted molar refractivity (Wildman–Crippen MR) is 50.9 cm³/mol. The zero-order valence-electron chi connectivity index (χ0n) is 7.46. The molecule has 1 heterocycles. The highest BCUT2D eigenvalue weighted by Gasteiger charge is 1.88. The van der Waals surface area contributed by atoms with Crippen LogP contribution in [-0.2, 0) is 7.05 Å². The number of nitrogens with zero attached hydrogens (tertiary/aromatic N) is 5. The zero-order chi connectivity index (χ0) is 9.52. The minimum atomic E-state index is 0.500. The van der Waals surface area contributed by atoms with Crippen LogP contribution in [0.5, 0.6) is 0 Å². The highest BCUT2D eigenvalue weighted by molar-refractivity contribution is 5.42. The van der Waals surface area contributed by atoms with E-state index in [4.69, 9.17) is 5.53 Å². The van der Waals surface area contributed by atoms with Crippen molar-refractivity contribution in [3.63, 3.8) is 0 Å². The quantitative estimate of drug-likeness (QED) is 0.300. The molecule has 0 aliphatic heterocycles. The fourth-order valence-corrected chi connectivity index (χ4v) is 0.900. The summed E-state index contributed by atoms with van der Waals surface area (Å²) in [5.74, 6) is 0. The van der Waals surface area contributed by atoms with Crippen LogP contribution in [0.3, 0.4) is 0 Å². The summed E-state index contributed by atoms with van der Waals surface area (Å²) in [6.45, 7) is 0.500. The van der Waals surface area contributed by atoms with Gasteiger partial charge in [-0.15, -0.1) is 0 Å². The Bertz CT molecular complexity index is 332. The number of aryl methyl sites for hydroxylation is 1. The van der Waals surface area contributed by atoms with E-state index in [0.29, 0.717) is 6.54 Å². The van der Waals surface area contributed by atoms with Crippen molar-refractivity contribution >= 4 is 6.08 Å². The average Bonchev–Trinajstić information content (AvgIpc) is 2.51. The second-order valence-corrected chi connectivity index (χ2v) is 2.61. The molecule has 0 N–H and O–H groups in total. The maximum atomic E-state index is 8.00. The zero-order valence-corrected chi connectivity index (χ0v) is 7.46. The second-order valence-electron chi connectivity index (χ2n) is 2.61. The van der Waals surface area contributed by atoms with Gasteiger partial charge in [-0.1, -0.05) is 11.2 Å². The number of rotatable bonds is 4. The third-order valence-corrected chi connectivity index (χ3v) is 1.47. The van der Waals surface area contributed by atoms with E-state index in [0.717, 1.165) is 12.1 Å².